The van der Waals surface area contributed by atoms with Crippen LogP contribution in [0.25, 0.3) is 10.8 Å². The van der Waals surface area contributed by atoms with E-state index in [4.69, 9.17) is 4.74 Å². The van der Waals surface area contributed by atoms with Crippen LogP contribution >= 0.6 is 0 Å². The van der Waals surface area contributed by atoms with E-state index in [1.807, 2.05) is 12.1 Å². The number of ether oxygens (including phenoxy) is 1. The monoisotopic (exact) mass is 307 g/mol. The van der Waals surface area contributed by atoms with E-state index < -0.39 is 0 Å². The molecule has 4 rings (SSSR count). The third-order valence-electron chi connectivity index (χ3n) is 4.35. The van der Waals surface area contributed by atoms with Crippen LogP contribution < -0.4 is 0 Å². The molecule has 1 heterocycles. The maximum absolute atomic E-state index is 12.2. The number of esters is 1. The van der Waals surface area contributed by atoms with Crippen LogP contribution in [0.1, 0.15) is 17.9 Å². The van der Waals surface area contributed by atoms with Gasteiger partial charge in [-0.3, -0.25) is 4.79 Å². The summed E-state index contributed by atoms with van der Waals surface area (Å²) >= 11 is 0. The Labute approximate surface area is 133 Å². The molecule has 1 aliphatic carbocycles. The highest BCUT2D eigenvalue weighted by molar-refractivity contribution is 5.88. The van der Waals surface area contributed by atoms with Crippen LogP contribution in [0.4, 0.5) is 0 Å². The molecule has 1 saturated carbocycles. The first-order chi connectivity index (χ1) is 11.3. The number of carbonyl (C=O) groups is 1. The number of fused-ring (bicyclic) bond motifs is 1. The van der Waals surface area contributed by atoms with E-state index >= 15 is 0 Å². The van der Waals surface area contributed by atoms with E-state index in [1.54, 1.807) is 11.0 Å². The molecule has 116 valence electrons. The van der Waals surface area contributed by atoms with Gasteiger partial charge in [0.15, 0.2) is 0 Å². The molecule has 0 aliphatic heterocycles. The number of rotatable bonds is 5. The van der Waals surface area contributed by atoms with E-state index in [0.29, 0.717) is 13.2 Å². The van der Waals surface area contributed by atoms with Crippen LogP contribution in [0.5, 0.6) is 0 Å². The number of benzene rings is 2. The van der Waals surface area contributed by atoms with Crippen molar-refractivity contribution in [3.05, 3.63) is 60.7 Å². The lowest BCUT2D eigenvalue weighted by Gasteiger charge is -2.07. The van der Waals surface area contributed by atoms with E-state index in [-0.39, 0.29) is 17.8 Å². The van der Waals surface area contributed by atoms with Crippen LogP contribution in [0.15, 0.2) is 55.1 Å². The summed E-state index contributed by atoms with van der Waals surface area (Å²) in [6.07, 6.45) is 3.96. The van der Waals surface area contributed by atoms with Crippen molar-refractivity contribution in [2.45, 2.75) is 18.9 Å². The third kappa shape index (κ3) is 2.82. The van der Waals surface area contributed by atoms with Gasteiger partial charge in [0.1, 0.15) is 19.3 Å². The second-order valence-electron chi connectivity index (χ2n) is 5.84. The lowest BCUT2D eigenvalue weighted by Crippen LogP contribution is -2.13. The standard InChI is InChI=1S/C18H17N3O2/c22-18(23-9-8-21-12-19-11-20-21)17-10-16(17)15-7-3-5-13-4-1-2-6-14(13)15/h1-7,11-12,16-17H,8-10H2/t16-,17+/m0/s1. The fourth-order valence-electron chi connectivity index (χ4n) is 3.07. The summed E-state index contributed by atoms with van der Waals surface area (Å²) in [6, 6.07) is 14.6. The highest BCUT2D eigenvalue weighted by Crippen LogP contribution is 2.50. The van der Waals surface area contributed by atoms with Gasteiger partial charge in [0.05, 0.1) is 12.5 Å². The second-order valence-corrected chi connectivity index (χ2v) is 5.84. The molecule has 0 N–H and O–H groups in total. The maximum Gasteiger partial charge on any atom is 0.309 e. The lowest BCUT2D eigenvalue weighted by molar-refractivity contribution is -0.145. The van der Waals surface area contributed by atoms with Crippen molar-refractivity contribution in [2.24, 2.45) is 5.92 Å². The van der Waals surface area contributed by atoms with Gasteiger partial charge in [-0.1, -0.05) is 42.5 Å². The minimum atomic E-state index is -0.108. The molecule has 5 nitrogen and oxygen atoms in total. The Balaban J connectivity index is 1.40. The fourth-order valence-corrected chi connectivity index (χ4v) is 3.07. The van der Waals surface area contributed by atoms with Gasteiger partial charge in [0.2, 0.25) is 0 Å². The fraction of sp³-hybridized carbons (Fsp3) is 0.278. The molecular formula is C18H17N3O2. The van der Waals surface area contributed by atoms with Crippen LogP contribution in [-0.4, -0.2) is 27.3 Å². The van der Waals surface area contributed by atoms with Crippen molar-refractivity contribution < 1.29 is 9.53 Å². The largest absolute Gasteiger partial charge is 0.463 e. The smallest absolute Gasteiger partial charge is 0.309 e. The van der Waals surface area contributed by atoms with Gasteiger partial charge >= 0.3 is 5.97 Å². The van der Waals surface area contributed by atoms with Gasteiger partial charge < -0.3 is 4.74 Å². The minimum absolute atomic E-state index is 0.0171. The number of nitrogens with zero attached hydrogens (tertiary/aromatic N) is 3. The second kappa shape index (κ2) is 5.83. The Hall–Kier alpha value is -2.69. The first-order valence-corrected chi connectivity index (χ1v) is 7.79. The molecule has 1 aromatic heterocycles. The Morgan fingerprint density at radius 3 is 2.96 bits per heavy atom. The highest BCUT2D eigenvalue weighted by Gasteiger charge is 2.45. The predicted molar refractivity (Wildman–Crippen MR) is 85.8 cm³/mol. The summed E-state index contributed by atoms with van der Waals surface area (Å²) in [4.78, 5) is 16.0. The topological polar surface area (TPSA) is 57.0 Å². The zero-order valence-corrected chi connectivity index (χ0v) is 12.6. The molecule has 0 unspecified atom stereocenters. The van der Waals surface area contributed by atoms with E-state index in [1.165, 1.54) is 22.7 Å². The van der Waals surface area contributed by atoms with Gasteiger partial charge in [-0.15, -0.1) is 0 Å². The molecule has 2 atom stereocenters. The maximum atomic E-state index is 12.2. The Morgan fingerprint density at radius 2 is 2.09 bits per heavy atom. The molecule has 0 saturated heterocycles. The molecule has 5 heteroatoms. The summed E-state index contributed by atoms with van der Waals surface area (Å²) in [5.41, 5.74) is 1.25. The zero-order valence-electron chi connectivity index (χ0n) is 12.6. The van der Waals surface area contributed by atoms with Crippen molar-refractivity contribution in [3.63, 3.8) is 0 Å². The van der Waals surface area contributed by atoms with Crippen molar-refractivity contribution in [3.8, 4) is 0 Å². The average molecular weight is 307 g/mol. The number of aromatic nitrogens is 3. The molecule has 2 aromatic carbocycles. The van der Waals surface area contributed by atoms with Crippen molar-refractivity contribution in [1.29, 1.82) is 0 Å². The minimum Gasteiger partial charge on any atom is -0.463 e. The van der Waals surface area contributed by atoms with Gasteiger partial charge in [0, 0.05) is 0 Å². The quantitative estimate of drug-likeness (QED) is 0.680. The molecule has 0 bridgehead atoms. The van der Waals surface area contributed by atoms with Gasteiger partial charge in [-0.05, 0) is 28.7 Å². The van der Waals surface area contributed by atoms with E-state index in [2.05, 4.69) is 40.4 Å². The summed E-state index contributed by atoms with van der Waals surface area (Å²) in [5.74, 6) is 0.152. The first kappa shape index (κ1) is 13.9. The summed E-state index contributed by atoms with van der Waals surface area (Å²) < 4.78 is 7.03. The van der Waals surface area contributed by atoms with Crippen LogP contribution in [0.2, 0.25) is 0 Å². The number of carbonyl (C=O) groups excluding carboxylic acids is 1. The molecular weight excluding hydrogens is 290 g/mol. The summed E-state index contributed by atoms with van der Waals surface area (Å²) in [5, 5.41) is 6.44. The van der Waals surface area contributed by atoms with Crippen LogP contribution in [-0.2, 0) is 16.1 Å². The lowest BCUT2D eigenvalue weighted by atomic mass is 10.0. The van der Waals surface area contributed by atoms with Crippen molar-refractivity contribution in [1.82, 2.24) is 14.8 Å². The van der Waals surface area contributed by atoms with Gasteiger partial charge in [-0.25, -0.2) is 9.67 Å². The first-order valence-electron chi connectivity index (χ1n) is 7.79. The molecule has 0 spiro atoms. The van der Waals surface area contributed by atoms with Gasteiger partial charge in [-0.2, -0.15) is 5.10 Å². The Morgan fingerprint density at radius 1 is 1.22 bits per heavy atom. The molecule has 1 aliphatic rings. The number of hydrogen-bond donors (Lipinski definition) is 0. The normalized spacial score (nSPS) is 19.7. The zero-order chi connectivity index (χ0) is 15.6. The SMILES string of the molecule is O=C(OCCn1cncn1)[C@@H]1C[C@H]1c1cccc2ccccc12. The van der Waals surface area contributed by atoms with Crippen molar-refractivity contribution >= 4 is 16.7 Å². The summed E-state index contributed by atoms with van der Waals surface area (Å²) in [6.45, 7) is 0.873. The van der Waals surface area contributed by atoms with Crippen LogP contribution in [0, 0.1) is 5.92 Å². The molecule has 1 fully saturated rings. The highest BCUT2D eigenvalue weighted by atomic mass is 16.5. The molecule has 3 aromatic rings. The molecule has 0 amide bonds. The average Bonchev–Trinajstić information content (AvgIpc) is 3.22. The summed E-state index contributed by atoms with van der Waals surface area (Å²) in [7, 11) is 0. The Bertz CT molecular complexity index is 824. The molecule has 0 radical (unpaired) electrons. The number of hydrogen-bond acceptors (Lipinski definition) is 4. The van der Waals surface area contributed by atoms with Crippen molar-refractivity contribution in [2.75, 3.05) is 6.61 Å². The predicted octanol–water partition coefficient (Wildman–Crippen LogP) is 2.78. The van der Waals surface area contributed by atoms with Gasteiger partial charge in [0.25, 0.3) is 0 Å². The Kier molecular flexibility index (Phi) is 3.54. The van der Waals surface area contributed by atoms with Crippen LogP contribution in [0.3, 0.4) is 0 Å². The molecule has 23 heavy (non-hydrogen) atoms. The van der Waals surface area contributed by atoms with E-state index in [9.17, 15) is 4.79 Å². The van der Waals surface area contributed by atoms with E-state index in [0.717, 1.165) is 6.42 Å². The third-order valence-corrected chi connectivity index (χ3v) is 4.35.